The van der Waals surface area contributed by atoms with Gasteiger partial charge in [0, 0.05) is 26.2 Å². The lowest BCUT2D eigenvalue weighted by Gasteiger charge is -2.20. The molecule has 0 unspecified atom stereocenters. The lowest BCUT2D eigenvalue weighted by atomic mass is 10.4. The van der Waals surface area contributed by atoms with Crippen LogP contribution in [0.4, 0.5) is 0 Å². The van der Waals surface area contributed by atoms with Gasteiger partial charge in [-0.3, -0.25) is 9.79 Å². The van der Waals surface area contributed by atoms with Crippen LogP contribution in [0.3, 0.4) is 0 Å². The summed E-state index contributed by atoms with van der Waals surface area (Å²) in [7, 11) is 3.56. The quantitative estimate of drug-likeness (QED) is 0.576. The number of amides is 1. The number of aromatic nitrogens is 1. The van der Waals surface area contributed by atoms with E-state index in [2.05, 4.69) is 20.8 Å². The zero-order valence-corrected chi connectivity index (χ0v) is 11.2. The number of hydrogen-bond donors (Lipinski definition) is 2. The second-order valence-electron chi connectivity index (χ2n) is 4.59. The van der Waals surface area contributed by atoms with Gasteiger partial charge in [0.1, 0.15) is 12.0 Å². The molecule has 0 radical (unpaired) electrons. The minimum absolute atomic E-state index is 0.00140. The molecular formula is C12H19N5O2. The van der Waals surface area contributed by atoms with Gasteiger partial charge in [-0.2, -0.15) is 0 Å². The van der Waals surface area contributed by atoms with E-state index in [-0.39, 0.29) is 12.5 Å². The van der Waals surface area contributed by atoms with Crippen LogP contribution in [-0.2, 0) is 11.3 Å². The summed E-state index contributed by atoms with van der Waals surface area (Å²) < 4.78 is 4.78. The average Bonchev–Trinajstić information content (AvgIpc) is 3.04. The fourth-order valence-corrected chi connectivity index (χ4v) is 1.69. The van der Waals surface area contributed by atoms with Gasteiger partial charge in [-0.1, -0.05) is 5.16 Å². The molecule has 19 heavy (non-hydrogen) atoms. The van der Waals surface area contributed by atoms with E-state index < -0.39 is 0 Å². The summed E-state index contributed by atoms with van der Waals surface area (Å²) in [6.45, 7) is 0.798. The van der Waals surface area contributed by atoms with Gasteiger partial charge in [0.15, 0.2) is 5.96 Å². The molecule has 1 aliphatic carbocycles. The molecular weight excluding hydrogens is 246 g/mol. The Morgan fingerprint density at radius 2 is 2.42 bits per heavy atom. The Hall–Kier alpha value is -2.05. The topological polar surface area (TPSA) is 82.8 Å². The molecule has 1 aromatic rings. The third-order valence-corrected chi connectivity index (χ3v) is 2.81. The van der Waals surface area contributed by atoms with Gasteiger partial charge in [0.2, 0.25) is 5.91 Å². The summed E-state index contributed by atoms with van der Waals surface area (Å²) >= 11 is 0. The summed E-state index contributed by atoms with van der Waals surface area (Å²) in [6, 6.07) is 2.17. The van der Waals surface area contributed by atoms with E-state index in [1.807, 2.05) is 11.9 Å². The number of guanidine groups is 1. The first-order valence-corrected chi connectivity index (χ1v) is 6.29. The third kappa shape index (κ3) is 4.27. The minimum atomic E-state index is -0.00140. The number of aliphatic imine (C=N–C) groups is 1. The molecule has 0 spiro atoms. The Bertz CT molecular complexity index is 439. The number of rotatable bonds is 5. The first kappa shape index (κ1) is 13.4. The van der Waals surface area contributed by atoms with Crippen LogP contribution >= 0.6 is 0 Å². The average molecular weight is 265 g/mol. The number of nitrogens with one attached hydrogen (secondary N) is 2. The van der Waals surface area contributed by atoms with Crippen molar-refractivity contribution in [3.05, 3.63) is 18.0 Å². The maximum absolute atomic E-state index is 11.6. The predicted octanol–water partition coefficient (Wildman–Crippen LogP) is -0.0396. The smallest absolute Gasteiger partial charge is 0.239 e. The predicted molar refractivity (Wildman–Crippen MR) is 70.5 cm³/mol. The summed E-state index contributed by atoms with van der Waals surface area (Å²) in [5, 5.41) is 9.77. The lowest BCUT2D eigenvalue weighted by Crippen LogP contribution is -2.44. The maximum atomic E-state index is 11.6. The summed E-state index contributed by atoms with van der Waals surface area (Å²) in [4.78, 5) is 17.6. The Kier molecular flexibility index (Phi) is 4.38. The zero-order valence-electron chi connectivity index (χ0n) is 11.2. The number of hydrogen-bond acceptors (Lipinski definition) is 4. The largest absolute Gasteiger partial charge is 0.364 e. The highest BCUT2D eigenvalue weighted by atomic mass is 16.5. The molecule has 0 saturated heterocycles. The van der Waals surface area contributed by atoms with Crippen molar-refractivity contribution in [3.63, 3.8) is 0 Å². The Morgan fingerprint density at radius 1 is 1.63 bits per heavy atom. The van der Waals surface area contributed by atoms with Crippen LogP contribution in [0.15, 0.2) is 21.8 Å². The number of nitrogens with zero attached hydrogens (tertiary/aromatic N) is 3. The molecule has 0 atom stereocenters. The second-order valence-corrected chi connectivity index (χ2v) is 4.59. The summed E-state index contributed by atoms with van der Waals surface area (Å²) in [6.07, 6.45) is 3.71. The van der Waals surface area contributed by atoms with Gasteiger partial charge in [-0.15, -0.1) is 0 Å². The van der Waals surface area contributed by atoms with Crippen LogP contribution in [0.1, 0.15) is 18.5 Å². The third-order valence-electron chi connectivity index (χ3n) is 2.81. The first-order chi connectivity index (χ1) is 9.19. The summed E-state index contributed by atoms with van der Waals surface area (Å²) in [5.41, 5.74) is 0.813. The normalized spacial score (nSPS) is 15.2. The molecule has 1 aliphatic rings. The molecule has 0 aromatic carbocycles. The van der Waals surface area contributed by atoms with E-state index in [0.717, 1.165) is 18.5 Å². The Morgan fingerprint density at radius 3 is 3.00 bits per heavy atom. The zero-order chi connectivity index (χ0) is 13.7. The van der Waals surface area contributed by atoms with Gasteiger partial charge in [-0.25, -0.2) is 0 Å². The molecule has 1 saturated carbocycles. The van der Waals surface area contributed by atoms with Crippen molar-refractivity contribution in [1.29, 1.82) is 0 Å². The molecule has 1 heterocycles. The summed E-state index contributed by atoms with van der Waals surface area (Å²) in [5.74, 6) is 0.646. The molecule has 1 fully saturated rings. The second kappa shape index (κ2) is 6.21. The highest BCUT2D eigenvalue weighted by Gasteiger charge is 2.23. The van der Waals surface area contributed by atoms with Gasteiger partial charge >= 0.3 is 0 Å². The van der Waals surface area contributed by atoms with Gasteiger partial charge in [0.25, 0.3) is 0 Å². The highest BCUT2D eigenvalue weighted by molar-refractivity contribution is 5.86. The van der Waals surface area contributed by atoms with Crippen molar-refractivity contribution >= 4 is 11.9 Å². The van der Waals surface area contributed by atoms with Gasteiger partial charge in [-0.05, 0) is 12.8 Å². The molecule has 2 rings (SSSR count). The Balaban J connectivity index is 1.76. The van der Waals surface area contributed by atoms with E-state index in [9.17, 15) is 4.79 Å². The molecule has 7 heteroatoms. The molecule has 1 amide bonds. The molecule has 104 valence electrons. The molecule has 0 aliphatic heterocycles. The van der Waals surface area contributed by atoms with Gasteiger partial charge < -0.3 is 20.1 Å². The molecule has 0 bridgehead atoms. The Labute approximate surface area is 112 Å². The number of carbonyl (C=O) groups is 1. The van der Waals surface area contributed by atoms with E-state index in [1.54, 1.807) is 13.1 Å². The number of carbonyl (C=O) groups excluding carboxylic acids is 1. The standard InChI is InChI=1S/C12H19N5O2/c1-13-12(14-7-11(18)15-9-3-4-9)17(2)8-10-5-6-19-16-10/h5-6,9H,3-4,7-8H2,1-2H3,(H,13,14)(H,15,18). The van der Waals surface area contributed by atoms with E-state index in [1.165, 1.54) is 6.26 Å². The fraction of sp³-hybridized carbons (Fsp3) is 0.583. The fourth-order valence-electron chi connectivity index (χ4n) is 1.69. The van der Waals surface area contributed by atoms with Gasteiger partial charge in [0.05, 0.1) is 13.1 Å². The molecule has 2 N–H and O–H groups in total. The van der Waals surface area contributed by atoms with Crippen LogP contribution < -0.4 is 10.6 Å². The molecule has 7 nitrogen and oxygen atoms in total. The highest BCUT2D eigenvalue weighted by Crippen LogP contribution is 2.18. The first-order valence-electron chi connectivity index (χ1n) is 6.29. The SMILES string of the molecule is CN=C(NCC(=O)NC1CC1)N(C)Cc1ccon1. The van der Waals surface area contributed by atoms with Crippen LogP contribution in [0, 0.1) is 0 Å². The van der Waals surface area contributed by atoms with Crippen LogP contribution in [0.2, 0.25) is 0 Å². The minimum Gasteiger partial charge on any atom is -0.364 e. The van der Waals surface area contributed by atoms with E-state index >= 15 is 0 Å². The lowest BCUT2D eigenvalue weighted by molar-refractivity contribution is -0.120. The van der Waals surface area contributed by atoms with Crippen molar-refractivity contribution in [2.24, 2.45) is 4.99 Å². The maximum Gasteiger partial charge on any atom is 0.239 e. The van der Waals surface area contributed by atoms with Crippen molar-refractivity contribution < 1.29 is 9.32 Å². The monoisotopic (exact) mass is 265 g/mol. The van der Waals surface area contributed by atoms with Crippen molar-refractivity contribution in [3.8, 4) is 0 Å². The van der Waals surface area contributed by atoms with E-state index in [0.29, 0.717) is 18.5 Å². The molecule has 1 aromatic heterocycles. The van der Waals surface area contributed by atoms with Crippen LogP contribution in [0.25, 0.3) is 0 Å². The van der Waals surface area contributed by atoms with Crippen molar-refractivity contribution in [2.45, 2.75) is 25.4 Å². The van der Waals surface area contributed by atoms with Crippen molar-refractivity contribution in [2.75, 3.05) is 20.6 Å². The van der Waals surface area contributed by atoms with Crippen LogP contribution in [-0.4, -0.2) is 48.6 Å². The van der Waals surface area contributed by atoms with E-state index in [4.69, 9.17) is 4.52 Å². The van der Waals surface area contributed by atoms with Crippen molar-refractivity contribution in [1.82, 2.24) is 20.7 Å². The van der Waals surface area contributed by atoms with Crippen LogP contribution in [0.5, 0.6) is 0 Å².